The molecular formula is C20H26N4O2. The minimum Gasteiger partial charge on any atom is -0.497 e. The highest BCUT2D eigenvalue weighted by atomic mass is 16.5. The number of aromatic nitrogens is 2. The third-order valence-corrected chi connectivity index (χ3v) is 4.66. The predicted octanol–water partition coefficient (Wildman–Crippen LogP) is 3.80. The first kappa shape index (κ1) is 18.2. The Balaban J connectivity index is 1.50. The van der Waals surface area contributed by atoms with Crippen molar-refractivity contribution in [3.63, 3.8) is 0 Å². The van der Waals surface area contributed by atoms with E-state index in [1.165, 1.54) is 38.5 Å². The minimum atomic E-state index is -0.117. The molecule has 0 unspecified atom stereocenters. The molecule has 0 spiro atoms. The van der Waals surface area contributed by atoms with Gasteiger partial charge in [0.25, 0.3) is 0 Å². The van der Waals surface area contributed by atoms with Gasteiger partial charge in [-0.3, -0.25) is 4.79 Å². The molecule has 2 aromatic rings. The number of anilines is 2. The number of nitrogens with zero attached hydrogens (tertiary/aromatic N) is 2. The Morgan fingerprint density at radius 1 is 1.00 bits per heavy atom. The summed E-state index contributed by atoms with van der Waals surface area (Å²) in [5.41, 5.74) is 0.919. The number of carbonyl (C=O) groups is 1. The second-order valence-electron chi connectivity index (χ2n) is 6.71. The molecule has 6 heteroatoms. The smallest absolute Gasteiger partial charge is 0.229 e. The lowest BCUT2D eigenvalue weighted by Crippen LogP contribution is -2.20. The van der Waals surface area contributed by atoms with E-state index < -0.39 is 0 Å². The molecule has 1 aliphatic carbocycles. The Hall–Kier alpha value is -2.63. The van der Waals surface area contributed by atoms with Gasteiger partial charge in [0.1, 0.15) is 11.6 Å². The van der Waals surface area contributed by atoms with Crippen LogP contribution in [0.2, 0.25) is 0 Å². The molecule has 1 amide bonds. The SMILES string of the molecule is COc1ccc(CC(=O)Nc2ccc(NC3CCCCCC3)nn2)cc1. The molecule has 2 N–H and O–H groups in total. The van der Waals surface area contributed by atoms with Crippen molar-refractivity contribution in [2.45, 2.75) is 51.0 Å². The summed E-state index contributed by atoms with van der Waals surface area (Å²) >= 11 is 0. The van der Waals surface area contributed by atoms with E-state index in [-0.39, 0.29) is 12.3 Å². The Labute approximate surface area is 154 Å². The Morgan fingerprint density at radius 2 is 1.65 bits per heavy atom. The average Bonchev–Trinajstić information content (AvgIpc) is 2.92. The Morgan fingerprint density at radius 3 is 2.27 bits per heavy atom. The van der Waals surface area contributed by atoms with Crippen LogP contribution < -0.4 is 15.4 Å². The van der Waals surface area contributed by atoms with Gasteiger partial charge in [0.2, 0.25) is 5.91 Å². The summed E-state index contributed by atoms with van der Waals surface area (Å²) in [6.07, 6.45) is 7.83. The molecule has 1 aliphatic rings. The van der Waals surface area contributed by atoms with Crippen molar-refractivity contribution in [1.29, 1.82) is 0 Å². The van der Waals surface area contributed by atoms with Gasteiger partial charge < -0.3 is 15.4 Å². The van der Waals surface area contributed by atoms with Gasteiger partial charge in [-0.2, -0.15) is 0 Å². The van der Waals surface area contributed by atoms with Crippen LogP contribution in [0.25, 0.3) is 0 Å². The first-order chi connectivity index (χ1) is 12.7. The van der Waals surface area contributed by atoms with E-state index >= 15 is 0 Å². The largest absolute Gasteiger partial charge is 0.497 e. The predicted molar refractivity (Wildman–Crippen MR) is 102 cm³/mol. The van der Waals surface area contributed by atoms with Gasteiger partial charge in [0.05, 0.1) is 13.5 Å². The minimum absolute atomic E-state index is 0.117. The quantitative estimate of drug-likeness (QED) is 0.772. The van der Waals surface area contributed by atoms with E-state index in [4.69, 9.17) is 4.74 Å². The number of hydrogen-bond donors (Lipinski definition) is 2. The first-order valence-corrected chi connectivity index (χ1v) is 9.26. The van der Waals surface area contributed by atoms with Crippen LogP contribution in [0.5, 0.6) is 5.75 Å². The maximum Gasteiger partial charge on any atom is 0.229 e. The summed E-state index contributed by atoms with van der Waals surface area (Å²) in [6, 6.07) is 11.6. The van der Waals surface area contributed by atoms with Crippen molar-refractivity contribution in [1.82, 2.24) is 10.2 Å². The molecule has 1 aromatic heterocycles. The zero-order chi connectivity index (χ0) is 18.2. The Kier molecular flexibility index (Phi) is 6.41. The van der Waals surface area contributed by atoms with Gasteiger partial charge >= 0.3 is 0 Å². The third kappa shape index (κ3) is 5.44. The zero-order valence-corrected chi connectivity index (χ0v) is 15.2. The number of hydrogen-bond acceptors (Lipinski definition) is 5. The third-order valence-electron chi connectivity index (χ3n) is 4.66. The highest BCUT2D eigenvalue weighted by Gasteiger charge is 2.13. The van der Waals surface area contributed by atoms with E-state index in [1.807, 2.05) is 30.3 Å². The normalized spacial score (nSPS) is 15.1. The number of carbonyl (C=O) groups excluding carboxylic acids is 1. The first-order valence-electron chi connectivity index (χ1n) is 9.26. The maximum atomic E-state index is 12.2. The molecule has 6 nitrogen and oxygen atoms in total. The number of ether oxygens (including phenoxy) is 1. The molecular weight excluding hydrogens is 328 g/mol. The second kappa shape index (κ2) is 9.17. The number of rotatable bonds is 6. The molecule has 1 aromatic carbocycles. The molecule has 1 heterocycles. The monoisotopic (exact) mass is 354 g/mol. The van der Waals surface area contributed by atoms with Crippen LogP contribution in [0, 0.1) is 0 Å². The number of benzene rings is 1. The molecule has 1 saturated carbocycles. The van der Waals surface area contributed by atoms with Crippen molar-refractivity contribution in [2.75, 3.05) is 17.7 Å². The average molecular weight is 354 g/mol. The molecule has 3 rings (SSSR count). The fraction of sp³-hybridized carbons (Fsp3) is 0.450. The lowest BCUT2D eigenvalue weighted by molar-refractivity contribution is -0.115. The number of nitrogens with one attached hydrogen (secondary N) is 2. The zero-order valence-electron chi connectivity index (χ0n) is 15.2. The molecule has 0 saturated heterocycles. The van der Waals surface area contributed by atoms with Gasteiger partial charge in [-0.25, -0.2) is 0 Å². The van der Waals surface area contributed by atoms with Crippen LogP contribution in [-0.2, 0) is 11.2 Å². The van der Waals surface area contributed by atoms with Crippen LogP contribution in [0.3, 0.4) is 0 Å². The maximum absolute atomic E-state index is 12.2. The van der Waals surface area contributed by atoms with E-state index in [9.17, 15) is 4.79 Å². The molecule has 0 atom stereocenters. The summed E-state index contributed by atoms with van der Waals surface area (Å²) in [5, 5.41) is 14.5. The number of methoxy groups -OCH3 is 1. The summed E-state index contributed by atoms with van der Waals surface area (Å²) in [6.45, 7) is 0. The van der Waals surface area contributed by atoms with Crippen molar-refractivity contribution in [3.8, 4) is 5.75 Å². The fourth-order valence-corrected chi connectivity index (χ4v) is 3.22. The van der Waals surface area contributed by atoms with E-state index in [0.717, 1.165) is 17.1 Å². The highest BCUT2D eigenvalue weighted by Crippen LogP contribution is 2.20. The van der Waals surface area contributed by atoms with Crippen LogP contribution in [0.15, 0.2) is 36.4 Å². The van der Waals surface area contributed by atoms with Crippen molar-refractivity contribution >= 4 is 17.5 Å². The molecule has 26 heavy (non-hydrogen) atoms. The lowest BCUT2D eigenvalue weighted by atomic mass is 10.1. The van der Waals surface area contributed by atoms with E-state index in [2.05, 4.69) is 20.8 Å². The number of amides is 1. The molecule has 1 fully saturated rings. The highest BCUT2D eigenvalue weighted by molar-refractivity contribution is 5.91. The summed E-state index contributed by atoms with van der Waals surface area (Å²) < 4.78 is 5.12. The molecule has 0 radical (unpaired) electrons. The topological polar surface area (TPSA) is 76.1 Å². The van der Waals surface area contributed by atoms with Crippen molar-refractivity contribution in [3.05, 3.63) is 42.0 Å². The molecule has 0 bridgehead atoms. The second-order valence-corrected chi connectivity index (χ2v) is 6.71. The van der Waals surface area contributed by atoms with Crippen LogP contribution in [0.1, 0.15) is 44.1 Å². The van der Waals surface area contributed by atoms with Crippen LogP contribution >= 0.6 is 0 Å². The van der Waals surface area contributed by atoms with Gasteiger partial charge in [0.15, 0.2) is 5.82 Å². The van der Waals surface area contributed by atoms with E-state index in [0.29, 0.717) is 11.9 Å². The van der Waals surface area contributed by atoms with E-state index in [1.54, 1.807) is 13.2 Å². The van der Waals surface area contributed by atoms with Gasteiger partial charge in [-0.1, -0.05) is 37.8 Å². The summed E-state index contributed by atoms with van der Waals surface area (Å²) in [5.74, 6) is 1.89. The molecule has 0 aliphatic heterocycles. The standard InChI is InChI=1S/C20H26N4O2/c1-26-17-10-8-15(9-11-17)14-20(25)22-19-13-12-18(23-24-19)21-16-6-4-2-3-5-7-16/h8-13,16H,2-7,14H2,1H3,(H,21,23)(H,22,24,25). The molecule has 138 valence electrons. The fourth-order valence-electron chi connectivity index (χ4n) is 3.22. The Bertz CT molecular complexity index is 693. The lowest BCUT2D eigenvalue weighted by Gasteiger charge is -2.16. The van der Waals surface area contributed by atoms with Crippen LogP contribution in [-0.4, -0.2) is 29.3 Å². The van der Waals surface area contributed by atoms with Crippen LogP contribution in [0.4, 0.5) is 11.6 Å². The summed E-state index contributed by atoms with van der Waals surface area (Å²) in [4.78, 5) is 12.2. The van der Waals surface area contributed by atoms with Crippen molar-refractivity contribution in [2.24, 2.45) is 0 Å². The summed E-state index contributed by atoms with van der Waals surface area (Å²) in [7, 11) is 1.62. The van der Waals surface area contributed by atoms with Gasteiger partial charge in [-0.15, -0.1) is 10.2 Å². The van der Waals surface area contributed by atoms with Gasteiger partial charge in [0, 0.05) is 6.04 Å². The van der Waals surface area contributed by atoms with Crippen molar-refractivity contribution < 1.29 is 9.53 Å². The van der Waals surface area contributed by atoms with Gasteiger partial charge in [-0.05, 0) is 42.7 Å².